The van der Waals surface area contributed by atoms with Crippen molar-refractivity contribution in [2.75, 3.05) is 6.61 Å². The minimum absolute atomic E-state index is 0.185. The number of halogens is 2. The molecular weight excluding hydrogens is 475 g/mol. The molecule has 0 aliphatic carbocycles. The molecule has 0 bridgehead atoms. The monoisotopic (exact) mass is 492 g/mol. The molecular formula is C26H18Cl2N2O4. The number of hydrazone groups is 1. The molecule has 170 valence electrons. The van der Waals surface area contributed by atoms with Crippen molar-refractivity contribution >= 4 is 52.1 Å². The lowest BCUT2D eigenvalue weighted by atomic mass is 10.1. The van der Waals surface area contributed by atoms with Gasteiger partial charge in [-0.15, -0.1) is 0 Å². The van der Waals surface area contributed by atoms with E-state index >= 15 is 0 Å². The van der Waals surface area contributed by atoms with Gasteiger partial charge in [0, 0.05) is 5.02 Å². The highest BCUT2D eigenvalue weighted by Crippen LogP contribution is 2.23. The average molecular weight is 493 g/mol. The van der Waals surface area contributed by atoms with Crippen LogP contribution in [0.2, 0.25) is 10.0 Å². The highest BCUT2D eigenvalue weighted by molar-refractivity contribution is 6.36. The third-order valence-corrected chi connectivity index (χ3v) is 5.26. The molecule has 0 unspecified atom stereocenters. The maximum atomic E-state index is 12.4. The Bertz CT molecular complexity index is 1390. The van der Waals surface area contributed by atoms with Gasteiger partial charge in [-0.3, -0.25) is 4.79 Å². The molecule has 0 atom stereocenters. The predicted molar refractivity (Wildman–Crippen MR) is 133 cm³/mol. The van der Waals surface area contributed by atoms with Gasteiger partial charge in [0.05, 0.1) is 16.8 Å². The van der Waals surface area contributed by atoms with Crippen LogP contribution in [0.25, 0.3) is 10.8 Å². The molecule has 0 heterocycles. The van der Waals surface area contributed by atoms with Crippen LogP contribution in [0.3, 0.4) is 0 Å². The summed E-state index contributed by atoms with van der Waals surface area (Å²) in [6, 6.07) is 24.7. The molecule has 0 radical (unpaired) electrons. The number of nitrogens with one attached hydrogen (secondary N) is 1. The highest BCUT2D eigenvalue weighted by Gasteiger charge is 2.13. The summed E-state index contributed by atoms with van der Waals surface area (Å²) in [7, 11) is 0. The molecule has 34 heavy (non-hydrogen) atoms. The number of fused-ring (bicyclic) bond motifs is 1. The number of ether oxygens (including phenoxy) is 2. The first-order valence-electron chi connectivity index (χ1n) is 10.2. The Morgan fingerprint density at radius 2 is 1.68 bits per heavy atom. The van der Waals surface area contributed by atoms with Crippen LogP contribution >= 0.6 is 23.2 Å². The molecule has 4 aromatic carbocycles. The standard InChI is InChI=1S/C26H18Cl2N2O4/c27-20-9-11-23(24(28)14-20)26(32)34-22-7-3-4-17(12-22)15-29-30-25(31)16-33-21-10-8-18-5-1-2-6-19(18)13-21/h1-15H,16H2,(H,30,31). The normalized spacial score (nSPS) is 10.9. The molecule has 0 aromatic heterocycles. The molecule has 0 fully saturated rings. The third-order valence-electron chi connectivity index (χ3n) is 4.71. The summed E-state index contributed by atoms with van der Waals surface area (Å²) in [6.45, 7) is -0.185. The third kappa shape index (κ3) is 6.13. The molecule has 8 heteroatoms. The van der Waals surface area contributed by atoms with Crippen molar-refractivity contribution in [1.82, 2.24) is 5.43 Å². The summed E-state index contributed by atoms with van der Waals surface area (Å²) in [6.07, 6.45) is 1.43. The summed E-state index contributed by atoms with van der Waals surface area (Å²) < 4.78 is 10.9. The number of esters is 1. The fraction of sp³-hybridized carbons (Fsp3) is 0.0385. The lowest BCUT2D eigenvalue weighted by molar-refractivity contribution is -0.123. The van der Waals surface area contributed by atoms with Crippen LogP contribution in [0.15, 0.2) is 90.0 Å². The van der Waals surface area contributed by atoms with Crippen molar-refractivity contribution in [2.24, 2.45) is 5.10 Å². The fourth-order valence-electron chi connectivity index (χ4n) is 3.09. The summed E-state index contributed by atoms with van der Waals surface area (Å²) in [5, 5.41) is 6.66. The molecule has 1 amide bonds. The van der Waals surface area contributed by atoms with Gasteiger partial charge in [-0.2, -0.15) is 5.10 Å². The van der Waals surface area contributed by atoms with Crippen LogP contribution in [-0.2, 0) is 4.79 Å². The van der Waals surface area contributed by atoms with Crippen molar-refractivity contribution in [3.8, 4) is 11.5 Å². The van der Waals surface area contributed by atoms with Crippen LogP contribution in [0.1, 0.15) is 15.9 Å². The van der Waals surface area contributed by atoms with Gasteiger partial charge in [0.1, 0.15) is 11.5 Å². The van der Waals surface area contributed by atoms with Gasteiger partial charge >= 0.3 is 5.97 Å². The number of amides is 1. The van der Waals surface area contributed by atoms with E-state index in [0.29, 0.717) is 22.1 Å². The lowest BCUT2D eigenvalue weighted by Gasteiger charge is -2.07. The van der Waals surface area contributed by atoms with Gasteiger partial charge in [0.25, 0.3) is 5.91 Å². The summed E-state index contributed by atoms with van der Waals surface area (Å²) in [5.41, 5.74) is 3.22. The van der Waals surface area contributed by atoms with E-state index < -0.39 is 11.9 Å². The smallest absolute Gasteiger partial charge is 0.345 e. The Morgan fingerprint density at radius 3 is 2.50 bits per heavy atom. The summed E-state index contributed by atoms with van der Waals surface area (Å²) in [5.74, 6) is -0.140. The van der Waals surface area contributed by atoms with Crippen LogP contribution in [0.5, 0.6) is 11.5 Å². The van der Waals surface area contributed by atoms with Crippen molar-refractivity contribution in [2.45, 2.75) is 0 Å². The largest absolute Gasteiger partial charge is 0.484 e. The van der Waals surface area contributed by atoms with E-state index in [2.05, 4.69) is 10.5 Å². The molecule has 0 saturated carbocycles. The maximum absolute atomic E-state index is 12.4. The number of carbonyl (C=O) groups excluding carboxylic acids is 2. The predicted octanol–water partition coefficient (Wildman–Crippen LogP) is 5.89. The van der Waals surface area contributed by atoms with Gasteiger partial charge in [0.2, 0.25) is 0 Å². The molecule has 1 N–H and O–H groups in total. The van der Waals surface area contributed by atoms with Gasteiger partial charge in [-0.25, -0.2) is 10.2 Å². The quantitative estimate of drug-likeness (QED) is 0.151. The summed E-state index contributed by atoms with van der Waals surface area (Å²) in [4.78, 5) is 24.4. The molecule has 6 nitrogen and oxygen atoms in total. The van der Waals surface area contributed by atoms with E-state index in [0.717, 1.165) is 10.8 Å². The number of nitrogens with zero attached hydrogens (tertiary/aromatic N) is 1. The van der Waals surface area contributed by atoms with Gasteiger partial charge < -0.3 is 9.47 Å². The lowest BCUT2D eigenvalue weighted by Crippen LogP contribution is -2.24. The Labute approximate surface area is 205 Å². The van der Waals surface area contributed by atoms with E-state index in [1.165, 1.54) is 18.3 Å². The van der Waals surface area contributed by atoms with Crippen molar-refractivity contribution in [3.63, 3.8) is 0 Å². The Hall–Kier alpha value is -3.87. The van der Waals surface area contributed by atoms with Crippen LogP contribution in [0.4, 0.5) is 0 Å². The van der Waals surface area contributed by atoms with E-state index in [1.807, 2.05) is 42.5 Å². The van der Waals surface area contributed by atoms with Crippen molar-refractivity contribution < 1.29 is 19.1 Å². The molecule has 0 saturated heterocycles. The molecule has 4 rings (SSSR count). The molecule has 0 aliphatic rings. The zero-order valence-corrected chi connectivity index (χ0v) is 19.2. The number of rotatable bonds is 7. The minimum Gasteiger partial charge on any atom is -0.484 e. The zero-order chi connectivity index (χ0) is 23.9. The van der Waals surface area contributed by atoms with E-state index in [-0.39, 0.29) is 17.2 Å². The second-order valence-electron chi connectivity index (χ2n) is 7.18. The van der Waals surface area contributed by atoms with Crippen LogP contribution in [0, 0.1) is 0 Å². The first-order valence-corrected chi connectivity index (χ1v) is 10.9. The van der Waals surface area contributed by atoms with Gasteiger partial charge in [-0.05, 0) is 58.8 Å². The molecule has 0 spiro atoms. The average Bonchev–Trinajstić information content (AvgIpc) is 2.83. The van der Waals surface area contributed by atoms with Crippen molar-refractivity contribution in [1.29, 1.82) is 0 Å². The first-order chi connectivity index (χ1) is 16.5. The SMILES string of the molecule is O=C(COc1ccc2ccccc2c1)NN=Cc1cccc(OC(=O)c2ccc(Cl)cc2Cl)c1. The van der Waals surface area contributed by atoms with E-state index in [4.69, 9.17) is 32.7 Å². The van der Waals surface area contributed by atoms with E-state index in [1.54, 1.807) is 30.3 Å². The Morgan fingerprint density at radius 1 is 0.853 bits per heavy atom. The zero-order valence-electron chi connectivity index (χ0n) is 17.7. The Kier molecular flexibility index (Phi) is 7.42. The molecule has 4 aromatic rings. The Balaban J connectivity index is 1.30. The second-order valence-corrected chi connectivity index (χ2v) is 8.02. The number of carbonyl (C=O) groups is 2. The van der Waals surface area contributed by atoms with Gasteiger partial charge in [0.15, 0.2) is 6.61 Å². The van der Waals surface area contributed by atoms with Crippen molar-refractivity contribution in [3.05, 3.63) is 106 Å². The fourth-order valence-corrected chi connectivity index (χ4v) is 3.58. The number of hydrogen-bond acceptors (Lipinski definition) is 5. The minimum atomic E-state index is -0.616. The van der Waals surface area contributed by atoms with Crippen LogP contribution in [-0.4, -0.2) is 24.7 Å². The molecule has 0 aliphatic heterocycles. The number of hydrogen-bond donors (Lipinski definition) is 1. The van der Waals surface area contributed by atoms with E-state index in [9.17, 15) is 9.59 Å². The highest BCUT2D eigenvalue weighted by atomic mass is 35.5. The first kappa shape index (κ1) is 23.3. The maximum Gasteiger partial charge on any atom is 0.345 e. The second kappa shape index (κ2) is 10.8. The van der Waals surface area contributed by atoms with Gasteiger partial charge in [-0.1, -0.05) is 65.7 Å². The number of benzene rings is 4. The topological polar surface area (TPSA) is 77.0 Å². The summed E-state index contributed by atoms with van der Waals surface area (Å²) >= 11 is 11.9. The van der Waals surface area contributed by atoms with Crippen LogP contribution < -0.4 is 14.9 Å².